The summed E-state index contributed by atoms with van der Waals surface area (Å²) < 4.78 is 17.6. The molecule has 0 bridgehead atoms. The normalized spacial score (nSPS) is 14.0. The Kier molecular flexibility index (Phi) is 4.62. The number of rotatable bonds is 4. The van der Waals surface area contributed by atoms with Crippen molar-refractivity contribution >= 4 is 21.9 Å². The van der Waals surface area contributed by atoms with Crippen molar-refractivity contribution in [3.8, 4) is 11.5 Å². The summed E-state index contributed by atoms with van der Waals surface area (Å²) in [5.41, 5.74) is 2.97. The number of methoxy groups -OCH3 is 1. The van der Waals surface area contributed by atoms with Crippen molar-refractivity contribution in [1.82, 2.24) is 0 Å². The number of carbonyl (C=O) groups is 1. The number of halogens is 1. The number of esters is 1. The molecule has 1 aliphatic heterocycles. The Morgan fingerprint density at radius 2 is 1.44 bits per heavy atom. The smallest absolute Gasteiger partial charge is 0.338 e. The van der Waals surface area contributed by atoms with Gasteiger partial charge in [-0.3, -0.25) is 0 Å². The van der Waals surface area contributed by atoms with Gasteiger partial charge in [-0.1, -0.05) is 76.6 Å². The second-order valence-corrected chi connectivity index (χ2v) is 6.69. The maximum atomic E-state index is 12.2. The van der Waals surface area contributed by atoms with E-state index in [0.717, 1.165) is 16.7 Å². The summed E-state index contributed by atoms with van der Waals surface area (Å²) in [7, 11) is 1.36. The standard InChI is InChI=1S/C22H17BrO4/c1-25-21(24)18-13-20-19(12-15(18)14-23)26-22(27-20,16-8-4-2-5-9-16)17-10-6-3-7-11-17/h2-13H,14H2,1H3. The van der Waals surface area contributed by atoms with E-state index in [4.69, 9.17) is 14.2 Å². The molecule has 5 heteroatoms. The van der Waals surface area contributed by atoms with E-state index in [1.54, 1.807) is 6.07 Å². The van der Waals surface area contributed by atoms with Crippen molar-refractivity contribution in [3.05, 3.63) is 95.1 Å². The van der Waals surface area contributed by atoms with Gasteiger partial charge in [-0.25, -0.2) is 4.79 Å². The summed E-state index contributed by atoms with van der Waals surface area (Å²) in [6, 6.07) is 23.0. The van der Waals surface area contributed by atoms with Gasteiger partial charge in [0.2, 0.25) is 0 Å². The molecule has 0 unspecified atom stereocenters. The van der Waals surface area contributed by atoms with Crippen molar-refractivity contribution in [2.45, 2.75) is 11.1 Å². The zero-order valence-electron chi connectivity index (χ0n) is 14.6. The third-order valence-corrected chi connectivity index (χ3v) is 5.14. The molecule has 0 radical (unpaired) electrons. The molecule has 0 fully saturated rings. The van der Waals surface area contributed by atoms with Crippen molar-refractivity contribution in [3.63, 3.8) is 0 Å². The van der Waals surface area contributed by atoms with Gasteiger partial charge in [-0.05, 0) is 17.7 Å². The van der Waals surface area contributed by atoms with Gasteiger partial charge in [-0.15, -0.1) is 0 Å². The SMILES string of the molecule is COC(=O)c1cc2c(cc1CBr)OC(c1ccccc1)(c1ccccc1)O2. The summed E-state index contributed by atoms with van der Waals surface area (Å²) >= 11 is 3.43. The molecule has 4 nitrogen and oxygen atoms in total. The van der Waals surface area contributed by atoms with E-state index in [1.165, 1.54) is 7.11 Å². The Labute approximate surface area is 165 Å². The lowest BCUT2D eigenvalue weighted by atomic mass is 9.97. The van der Waals surface area contributed by atoms with Crippen molar-refractivity contribution < 1.29 is 19.0 Å². The molecule has 0 amide bonds. The third-order valence-electron chi connectivity index (χ3n) is 4.53. The Balaban J connectivity index is 1.87. The summed E-state index contributed by atoms with van der Waals surface area (Å²) in [4.78, 5) is 12.2. The van der Waals surface area contributed by atoms with Gasteiger partial charge >= 0.3 is 11.8 Å². The lowest BCUT2D eigenvalue weighted by Gasteiger charge is -2.28. The van der Waals surface area contributed by atoms with Gasteiger partial charge in [0.25, 0.3) is 0 Å². The van der Waals surface area contributed by atoms with E-state index in [0.29, 0.717) is 22.4 Å². The first-order valence-corrected chi connectivity index (χ1v) is 9.60. The van der Waals surface area contributed by atoms with Gasteiger partial charge in [0, 0.05) is 16.5 Å². The largest absolute Gasteiger partial charge is 0.465 e. The number of hydrogen-bond donors (Lipinski definition) is 0. The number of alkyl halides is 1. The fourth-order valence-corrected chi connectivity index (χ4v) is 3.68. The molecule has 0 atom stereocenters. The molecular formula is C22H17BrO4. The predicted molar refractivity (Wildman–Crippen MR) is 105 cm³/mol. The lowest BCUT2D eigenvalue weighted by molar-refractivity contribution is -0.0459. The highest BCUT2D eigenvalue weighted by molar-refractivity contribution is 9.08. The summed E-state index contributed by atoms with van der Waals surface area (Å²) in [5, 5.41) is 0.498. The van der Waals surface area contributed by atoms with E-state index >= 15 is 0 Å². The van der Waals surface area contributed by atoms with E-state index in [1.807, 2.05) is 66.7 Å². The zero-order valence-corrected chi connectivity index (χ0v) is 16.2. The van der Waals surface area contributed by atoms with Crippen LogP contribution in [0, 0.1) is 0 Å². The molecule has 1 heterocycles. The van der Waals surface area contributed by atoms with Crippen LogP contribution >= 0.6 is 15.9 Å². The number of benzene rings is 3. The van der Waals surface area contributed by atoms with Crippen LogP contribution in [0.15, 0.2) is 72.8 Å². The molecule has 0 aliphatic carbocycles. The van der Waals surface area contributed by atoms with Crippen molar-refractivity contribution in [1.29, 1.82) is 0 Å². The highest BCUT2D eigenvalue weighted by Crippen LogP contribution is 2.48. The van der Waals surface area contributed by atoms with Crippen molar-refractivity contribution in [2.24, 2.45) is 0 Å². The van der Waals surface area contributed by atoms with E-state index < -0.39 is 11.8 Å². The van der Waals surface area contributed by atoms with Crippen LogP contribution in [-0.4, -0.2) is 13.1 Å². The first-order valence-electron chi connectivity index (χ1n) is 8.48. The van der Waals surface area contributed by atoms with Crippen LogP contribution in [-0.2, 0) is 15.9 Å². The maximum absolute atomic E-state index is 12.2. The van der Waals surface area contributed by atoms with E-state index in [9.17, 15) is 4.79 Å². The van der Waals surface area contributed by atoms with Gasteiger partial charge < -0.3 is 14.2 Å². The maximum Gasteiger partial charge on any atom is 0.338 e. The number of fused-ring (bicyclic) bond motifs is 1. The van der Waals surface area contributed by atoms with Gasteiger partial charge in [0.05, 0.1) is 12.7 Å². The van der Waals surface area contributed by atoms with Crippen LogP contribution < -0.4 is 9.47 Å². The third kappa shape index (κ3) is 2.98. The molecule has 3 aromatic carbocycles. The first kappa shape index (κ1) is 17.6. The summed E-state index contributed by atoms with van der Waals surface area (Å²) in [6.45, 7) is 0. The quantitative estimate of drug-likeness (QED) is 0.434. The minimum atomic E-state index is -1.11. The summed E-state index contributed by atoms with van der Waals surface area (Å²) in [5.74, 6) is -0.422. The Bertz CT molecular complexity index is 931. The Hall–Kier alpha value is -2.79. The molecule has 1 aliphatic rings. The summed E-state index contributed by atoms with van der Waals surface area (Å²) in [6.07, 6.45) is 0. The number of hydrogen-bond acceptors (Lipinski definition) is 4. The number of carbonyl (C=O) groups excluding carboxylic acids is 1. The molecule has 0 spiro atoms. The van der Waals surface area contributed by atoms with Crippen LogP contribution in [0.5, 0.6) is 11.5 Å². The average molecular weight is 425 g/mol. The van der Waals surface area contributed by atoms with Gasteiger partial charge in [-0.2, -0.15) is 0 Å². The van der Waals surface area contributed by atoms with Crippen LogP contribution in [0.25, 0.3) is 0 Å². The van der Waals surface area contributed by atoms with Crippen molar-refractivity contribution in [2.75, 3.05) is 7.11 Å². The molecule has 0 N–H and O–H groups in total. The predicted octanol–water partition coefficient (Wildman–Crippen LogP) is 5.04. The van der Waals surface area contributed by atoms with Crippen LogP contribution in [0.4, 0.5) is 0 Å². The fraction of sp³-hybridized carbons (Fsp3) is 0.136. The molecule has 27 heavy (non-hydrogen) atoms. The Morgan fingerprint density at radius 3 is 1.93 bits per heavy atom. The zero-order chi connectivity index (χ0) is 18.9. The van der Waals surface area contributed by atoms with Crippen LogP contribution in [0.3, 0.4) is 0 Å². The first-order chi connectivity index (χ1) is 13.2. The average Bonchev–Trinajstić information content (AvgIpc) is 3.13. The molecule has 0 saturated heterocycles. The molecule has 0 aromatic heterocycles. The van der Waals surface area contributed by atoms with Crippen LogP contribution in [0.1, 0.15) is 27.0 Å². The molecule has 0 saturated carbocycles. The number of ether oxygens (including phenoxy) is 3. The van der Waals surface area contributed by atoms with Crippen LogP contribution in [0.2, 0.25) is 0 Å². The fourth-order valence-electron chi connectivity index (χ4n) is 3.22. The van der Waals surface area contributed by atoms with Gasteiger partial charge in [0.15, 0.2) is 11.5 Å². The highest BCUT2D eigenvalue weighted by atomic mass is 79.9. The minimum absolute atomic E-state index is 0.409. The second-order valence-electron chi connectivity index (χ2n) is 6.13. The molecular weight excluding hydrogens is 408 g/mol. The lowest BCUT2D eigenvalue weighted by Crippen LogP contribution is -2.36. The molecule has 136 valence electrons. The highest BCUT2D eigenvalue weighted by Gasteiger charge is 2.45. The monoisotopic (exact) mass is 424 g/mol. The minimum Gasteiger partial charge on any atom is -0.465 e. The topological polar surface area (TPSA) is 44.8 Å². The van der Waals surface area contributed by atoms with E-state index in [-0.39, 0.29) is 0 Å². The van der Waals surface area contributed by atoms with E-state index in [2.05, 4.69) is 15.9 Å². The second kappa shape index (κ2) is 7.08. The molecule has 4 rings (SSSR count). The molecule has 3 aromatic rings. The van der Waals surface area contributed by atoms with Gasteiger partial charge in [0.1, 0.15) is 0 Å². The Morgan fingerprint density at radius 1 is 0.926 bits per heavy atom.